The van der Waals surface area contributed by atoms with Crippen LogP contribution in [0.25, 0.3) is 0 Å². The van der Waals surface area contributed by atoms with E-state index in [1.807, 2.05) is 24.3 Å². The van der Waals surface area contributed by atoms with Gasteiger partial charge < -0.3 is 28.4 Å². The normalized spacial score (nSPS) is 23.7. The lowest BCUT2D eigenvalue weighted by molar-refractivity contribution is -0.139. The van der Waals surface area contributed by atoms with E-state index in [-0.39, 0.29) is 31.9 Å². The molecule has 6 nitrogen and oxygen atoms in total. The molecule has 134 valence electrons. The minimum absolute atomic E-state index is 0.0546. The minimum atomic E-state index is -0.103. The van der Waals surface area contributed by atoms with Gasteiger partial charge in [-0.25, -0.2) is 0 Å². The number of hydrogen-bond acceptors (Lipinski definition) is 6. The summed E-state index contributed by atoms with van der Waals surface area (Å²) in [7, 11) is 4.80. The molecule has 1 fully saturated rings. The van der Waals surface area contributed by atoms with Crippen LogP contribution < -0.4 is 9.47 Å². The quantitative estimate of drug-likeness (QED) is 0.509. The van der Waals surface area contributed by atoms with E-state index in [2.05, 4.69) is 6.58 Å². The molecule has 1 aromatic carbocycles. The van der Waals surface area contributed by atoms with Crippen LogP contribution in [0.1, 0.15) is 24.5 Å². The molecule has 0 aromatic heterocycles. The Morgan fingerprint density at radius 3 is 2.58 bits per heavy atom. The van der Waals surface area contributed by atoms with Crippen LogP contribution in [0.15, 0.2) is 30.9 Å². The summed E-state index contributed by atoms with van der Waals surface area (Å²) in [6.45, 7) is 4.28. The Bertz CT molecular complexity index is 518. The van der Waals surface area contributed by atoms with Crippen molar-refractivity contribution >= 4 is 0 Å². The number of hydrogen-bond donors (Lipinski definition) is 0. The Morgan fingerprint density at radius 2 is 1.92 bits per heavy atom. The largest absolute Gasteiger partial charge is 0.493 e. The Kier molecular flexibility index (Phi) is 7.52. The van der Waals surface area contributed by atoms with Crippen LogP contribution in [-0.4, -0.2) is 47.1 Å². The smallest absolute Gasteiger partial charge is 0.188 e. The molecule has 0 unspecified atom stereocenters. The molecular weight excluding hydrogens is 312 g/mol. The first-order chi connectivity index (χ1) is 11.7. The lowest BCUT2D eigenvalue weighted by Crippen LogP contribution is -2.32. The fourth-order valence-electron chi connectivity index (χ4n) is 2.71. The zero-order chi connectivity index (χ0) is 17.4. The van der Waals surface area contributed by atoms with E-state index in [0.717, 1.165) is 18.4 Å². The molecule has 0 N–H and O–H groups in total. The Morgan fingerprint density at radius 1 is 1.12 bits per heavy atom. The second-order valence-corrected chi connectivity index (χ2v) is 5.53. The van der Waals surface area contributed by atoms with E-state index in [0.29, 0.717) is 11.5 Å². The van der Waals surface area contributed by atoms with Gasteiger partial charge in [-0.15, -0.1) is 6.58 Å². The van der Waals surface area contributed by atoms with Crippen LogP contribution in [-0.2, 0) is 18.9 Å². The van der Waals surface area contributed by atoms with E-state index in [9.17, 15) is 0 Å². The van der Waals surface area contributed by atoms with Gasteiger partial charge in [0.15, 0.2) is 18.3 Å². The van der Waals surface area contributed by atoms with Crippen molar-refractivity contribution < 1.29 is 28.4 Å². The number of benzene rings is 1. The van der Waals surface area contributed by atoms with Crippen LogP contribution in [0.3, 0.4) is 0 Å². The van der Waals surface area contributed by atoms with Crippen molar-refractivity contribution in [3.63, 3.8) is 0 Å². The number of methoxy groups -OCH3 is 3. The molecule has 0 spiro atoms. The Hall–Kier alpha value is -1.60. The highest BCUT2D eigenvalue weighted by Gasteiger charge is 2.30. The van der Waals surface area contributed by atoms with Crippen LogP contribution in [0, 0.1) is 0 Å². The SMILES string of the molecule is C=C[C@@H]1C[C@@H](OCOC)C[C@H](c2ccc(OCOC)c(OC)c2)O1. The molecule has 1 aliphatic rings. The van der Waals surface area contributed by atoms with E-state index in [1.165, 1.54) is 0 Å². The van der Waals surface area contributed by atoms with Crippen molar-refractivity contribution in [1.82, 2.24) is 0 Å². The fraction of sp³-hybridized carbons (Fsp3) is 0.556. The second kappa shape index (κ2) is 9.64. The maximum Gasteiger partial charge on any atom is 0.188 e. The lowest BCUT2D eigenvalue weighted by atomic mass is 9.95. The predicted molar refractivity (Wildman–Crippen MR) is 89.3 cm³/mol. The number of rotatable bonds is 9. The van der Waals surface area contributed by atoms with Crippen molar-refractivity contribution in [2.45, 2.75) is 31.2 Å². The molecule has 24 heavy (non-hydrogen) atoms. The Balaban J connectivity index is 2.14. The van der Waals surface area contributed by atoms with E-state index >= 15 is 0 Å². The second-order valence-electron chi connectivity index (χ2n) is 5.53. The summed E-state index contributed by atoms with van der Waals surface area (Å²) < 4.78 is 32.7. The average molecular weight is 338 g/mol. The zero-order valence-electron chi connectivity index (χ0n) is 14.5. The van der Waals surface area contributed by atoms with Gasteiger partial charge in [0.05, 0.1) is 25.4 Å². The van der Waals surface area contributed by atoms with Crippen LogP contribution in [0.5, 0.6) is 11.5 Å². The molecule has 0 radical (unpaired) electrons. The summed E-state index contributed by atoms with van der Waals surface area (Å²) in [6.07, 6.45) is 3.23. The third kappa shape index (κ3) is 4.95. The van der Waals surface area contributed by atoms with Crippen molar-refractivity contribution in [3.8, 4) is 11.5 Å². The van der Waals surface area contributed by atoms with Gasteiger partial charge in [0.1, 0.15) is 6.79 Å². The van der Waals surface area contributed by atoms with Gasteiger partial charge >= 0.3 is 0 Å². The van der Waals surface area contributed by atoms with Gasteiger partial charge in [0, 0.05) is 27.1 Å². The van der Waals surface area contributed by atoms with Crippen LogP contribution in [0.2, 0.25) is 0 Å². The summed E-state index contributed by atoms with van der Waals surface area (Å²) in [4.78, 5) is 0. The number of ether oxygens (including phenoxy) is 6. The molecule has 6 heteroatoms. The van der Waals surface area contributed by atoms with E-state index < -0.39 is 0 Å². The van der Waals surface area contributed by atoms with Gasteiger partial charge in [-0.3, -0.25) is 0 Å². The van der Waals surface area contributed by atoms with Crippen LogP contribution in [0.4, 0.5) is 0 Å². The summed E-state index contributed by atoms with van der Waals surface area (Å²) >= 11 is 0. The maximum absolute atomic E-state index is 6.09. The van der Waals surface area contributed by atoms with Crippen molar-refractivity contribution in [2.75, 3.05) is 34.9 Å². The standard InChI is InChI=1S/C18H26O6/c1-5-14-9-15(22-11-19-2)10-17(24-14)13-6-7-16(23-12-20-3)18(8-13)21-4/h5-8,14-15,17H,1,9-12H2,2-4H3/t14-,15-,17-/m1/s1. The van der Waals surface area contributed by atoms with E-state index in [4.69, 9.17) is 28.4 Å². The fourth-order valence-corrected chi connectivity index (χ4v) is 2.71. The molecule has 1 aromatic rings. The topological polar surface area (TPSA) is 55.4 Å². The average Bonchev–Trinajstić information content (AvgIpc) is 2.64. The van der Waals surface area contributed by atoms with Gasteiger partial charge in [-0.05, 0) is 17.7 Å². The third-order valence-corrected chi connectivity index (χ3v) is 3.89. The molecule has 2 rings (SSSR count). The molecule has 1 saturated heterocycles. The minimum Gasteiger partial charge on any atom is -0.493 e. The Labute approximate surface area is 143 Å². The highest BCUT2D eigenvalue weighted by Crippen LogP contribution is 2.37. The predicted octanol–water partition coefficient (Wildman–Crippen LogP) is 3.07. The van der Waals surface area contributed by atoms with Gasteiger partial charge in [0.25, 0.3) is 0 Å². The van der Waals surface area contributed by atoms with Crippen LogP contribution >= 0.6 is 0 Å². The maximum atomic E-state index is 6.09. The zero-order valence-corrected chi connectivity index (χ0v) is 14.5. The molecule has 1 heterocycles. The highest BCUT2D eigenvalue weighted by molar-refractivity contribution is 5.43. The summed E-state index contributed by atoms with van der Waals surface area (Å²) in [6, 6.07) is 5.75. The first-order valence-corrected chi connectivity index (χ1v) is 7.90. The van der Waals surface area contributed by atoms with Gasteiger partial charge in [-0.2, -0.15) is 0 Å². The van der Waals surface area contributed by atoms with Gasteiger partial charge in [-0.1, -0.05) is 12.1 Å². The van der Waals surface area contributed by atoms with E-state index in [1.54, 1.807) is 21.3 Å². The molecule has 0 saturated carbocycles. The molecule has 0 bridgehead atoms. The monoisotopic (exact) mass is 338 g/mol. The lowest BCUT2D eigenvalue weighted by Gasteiger charge is -2.34. The highest BCUT2D eigenvalue weighted by atomic mass is 16.7. The molecular formula is C18H26O6. The van der Waals surface area contributed by atoms with Crippen molar-refractivity contribution in [2.24, 2.45) is 0 Å². The van der Waals surface area contributed by atoms with Crippen molar-refractivity contribution in [1.29, 1.82) is 0 Å². The molecule has 0 amide bonds. The molecule has 3 atom stereocenters. The summed E-state index contributed by atoms with van der Waals surface area (Å²) in [5.74, 6) is 1.27. The summed E-state index contributed by atoms with van der Waals surface area (Å²) in [5, 5.41) is 0. The third-order valence-electron chi connectivity index (χ3n) is 3.89. The van der Waals surface area contributed by atoms with Gasteiger partial charge in [0.2, 0.25) is 0 Å². The summed E-state index contributed by atoms with van der Waals surface area (Å²) in [5.41, 5.74) is 1.01. The molecule has 1 aliphatic heterocycles. The van der Waals surface area contributed by atoms with Crippen molar-refractivity contribution in [3.05, 3.63) is 36.4 Å². The molecule has 0 aliphatic carbocycles. The first kappa shape index (κ1) is 18.7. The first-order valence-electron chi connectivity index (χ1n) is 7.90.